The molecule has 0 atom stereocenters. The fourth-order valence-corrected chi connectivity index (χ4v) is 1.82. The summed E-state index contributed by atoms with van der Waals surface area (Å²) >= 11 is 5.88. The number of nitrogens with one attached hydrogen (secondary N) is 1. The van der Waals surface area contributed by atoms with Crippen LogP contribution in [0.5, 0.6) is 0 Å². The van der Waals surface area contributed by atoms with E-state index >= 15 is 0 Å². The third-order valence-corrected chi connectivity index (χ3v) is 2.81. The van der Waals surface area contributed by atoms with E-state index < -0.39 is 0 Å². The Morgan fingerprint density at radius 3 is 2.95 bits per heavy atom. The molecule has 0 unspecified atom stereocenters. The van der Waals surface area contributed by atoms with Crippen LogP contribution in [0, 0.1) is 0 Å². The Hall–Kier alpha value is -2.08. The number of carbonyl (C=O) groups is 1. The minimum atomic E-state index is -0.368. The molecule has 2 aromatic rings. The highest BCUT2D eigenvalue weighted by molar-refractivity contribution is 6.33. The summed E-state index contributed by atoms with van der Waals surface area (Å²) in [6.45, 7) is 3.94. The summed E-state index contributed by atoms with van der Waals surface area (Å²) in [6.07, 6.45) is 3.02. The normalized spacial score (nSPS) is 10.7. The average Bonchev–Trinajstić information content (AvgIpc) is 2.80. The van der Waals surface area contributed by atoms with Crippen molar-refractivity contribution >= 4 is 29.0 Å². The van der Waals surface area contributed by atoms with E-state index in [1.807, 2.05) is 13.8 Å². The molecule has 3 N–H and O–H groups in total. The lowest BCUT2D eigenvalue weighted by atomic mass is 10.2. The number of nitrogen functional groups attached to an aromatic ring is 1. The van der Waals surface area contributed by atoms with Crippen LogP contribution in [0.4, 0.5) is 11.5 Å². The summed E-state index contributed by atoms with van der Waals surface area (Å²) in [7, 11) is 0. The zero-order valence-electron chi connectivity index (χ0n) is 10.6. The average molecular weight is 280 g/mol. The van der Waals surface area contributed by atoms with Gasteiger partial charge in [0.05, 0.1) is 23.6 Å². The van der Waals surface area contributed by atoms with E-state index in [9.17, 15) is 4.79 Å². The molecule has 0 aliphatic carbocycles. The summed E-state index contributed by atoms with van der Waals surface area (Å²) in [5, 5.41) is 6.98. The number of carbonyl (C=O) groups excluding carboxylic acids is 1. The number of nitrogens with two attached hydrogens (primary N) is 1. The van der Waals surface area contributed by atoms with Crippen molar-refractivity contribution in [3.05, 3.63) is 35.2 Å². The van der Waals surface area contributed by atoms with Crippen LogP contribution >= 0.6 is 11.6 Å². The third kappa shape index (κ3) is 2.85. The summed E-state index contributed by atoms with van der Waals surface area (Å²) in [4.78, 5) is 16.0. The molecule has 0 aliphatic heterocycles. The topological polar surface area (TPSA) is 85.8 Å². The highest BCUT2D eigenvalue weighted by Crippen LogP contribution is 2.19. The molecular weight excluding hydrogens is 266 g/mol. The SMILES string of the molecule is CC(C)n1nccc1NC(=O)c1cc(N)cnc1Cl. The molecular formula is C12H14ClN5O. The molecule has 7 heteroatoms. The van der Waals surface area contributed by atoms with Crippen molar-refractivity contribution in [1.82, 2.24) is 14.8 Å². The predicted octanol–water partition coefficient (Wildman–Crippen LogP) is 2.35. The molecule has 0 fully saturated rings. The molecule has 0 aromatic carbocycles. The van der Waals surface area contributed by atoms with Crippen LogP contribution in [-0.4, -0.2) is 20.7 Å². The van der Waals surface area contributed by atoms with Crippen LogP contribution in [-0.2, 0) is 0 Å². The van der Waals surface area contributed by atoms with Crippen molar-refractivity contribution in [2.75, 3.05) is 11.1 Å². The zero-order chi connectivity index (χ0) is 14.0. The molecule has 6 nitrogen and oxygen atoms in total. The van der Waals surface area contributed by atoms with Gasteiger partial charge < -0.3 is 11.1 Å². The van der Waals surface area contributed by atoms with Gasteiger partial charge >= 0.3 is 0 Å². The number of hydrogen-bond acceptors (Lipinski definition) is 4. The van der Waals surface area contributed by atoms with Gasteiger partial charge in [0.2, 0.25) is 0 Å². The summed E-state index contributed by atoms with van der Waals surface area (Å²) in [5.41, 5.74) is 6.21. The number of pyridine rings is 1. The number of hydrogen-bond donors (Lipinski definition) is 2. The van der Waals surface area contributed by atoms with Crippen LogP contribution in [0.2, 0.25) is 5.15 Å². The number of aromatic nitrogens is 3. The second-order valence-electron chi connectivity index (χ2n) is 4.32. The van der Waals surface area contributed by atoms with Crippen LogP contribution in [0.25, 0.3) is 0 Å². The van der Waals surface area contributed by atoms with Crippen molar-refractivity contribution < 1.29 is 4.79 Å². The van der Waals surface area contributed by atoms with Gasteiger partial charge in [-0.15, -0.1) is 0 Å². The van der Waals surface area contributed by atoms with Gasteiger partial charge in [-0.2, -0.15) is 5.10 Å². The molecule has 2 heterocycles. The smallest absolute Gasteiger partial charge is 0.260 e. The van der Waals surface area contributed by atoms with E-state index in [0.717, 1.165) is 0 Å². The maximum absolute atomic E-state index is 12.1. The van der Waals surface area contributed by atoms with Gasteiger partial charge in [0.1, 0.15) is 11.0 Å². The summed E-state index contributed by atoms with van der Waals surface area (Å²) in [6, 6.07) is 3.34. The van der Waals surface area contributed by atoms with Gasteiger partial charge in [-0.25, -0.2) is 9.67 Å². The molecule has 1 amide bonds. The predicted molar refractivity (Wildman–Crippen MR) is 74.2 cm³/mol. The molecule has 0 bridgehead atoms. The van der Waals surface area contributed by atoms with Gasteiger partial charge in [-0.1, -0.05) is 11.6 Å². The molecule has 100 valence electrons. The van der Waals surface area contributed by atoms with E-state index in [1.54, 1.807) is 16.9 Å². The number of anilines is 2. The Morgan fingerprint density at radius 1 is 1.53 bits per heavy atom. The van der Waals surface area contributed by atoms with Crippen molar-refractivity contribution in [1.29, 1.82) is 0 Å². The van der Waals surface area contributed by atoms with Crippen LogP contribution < -0.4 is 11.1 Å². The van der Waals surface area contributed by atoms with Crippen LogP contribution in [0.3, 0.4) is 0 Å². The van der Waals surface area contributed by atoms with Gasteiger partial charge in [0, 0.05) is 12.1 Å². The highest BCUT2D eigenvalue weighted by atomic mass is 35.5. The quantitative estimate of drug-likeness (QED) is 0.845. The number of rotatable bonds is 3. The molecule has 2 aromatic heterocycles. The number of amides is 1. The standard InChI is InChI=1S/C12H14ClN5O/c1-7(2)18-10(3-4-16-18)17-12(19)9-5-8(14)6-15-11(9)13/h3-7H,14H2,1-2H3,(H,17,19). The zero-order valence-corrected chi connectivity index (χ0v) is 11.3. The molecule has 0 radical (unpaired) electrons. The first-order valence-corrected chi connectivity index (χ1v) is 6.12. The first-order chi connectivity index (χ1) is 8.99. The maximum Gasteiger partial charge on any atom is 0.260 e. The largest absolute Gasteiger partial charge is 0.397 e. The molecule has 0 aliphatic rings. The Morgan fingerprint density at radius 2 is 2.26 bits per heavy atom. The molecule has 0 saturated carbocycles. The van der Waals surface area contributed by atoms with Crippen LogP contribution in [0.1, 0.15) is 30.2 Å². The third-order valence-electron chi connectivity index (χ3n) is 2.51. The van der Waals surface area contributed by atoms with E-state index in [-0.39, 0.29) is 22.7 Å². The monoisotopic (exact) mass is 279 g/mol. The van der Waals surface area contributed by atoms with Gasteiger partial charge in [-0.05, 0) is 19.9 Å². The summed E-state index contributed by atoms with van der Waals surface area (Å²) in [5.74, 6) is 0.227. The van der Waals surface area contributed by atoms with Gasteiger partial charge in [0.15, 0.2) is 0 Å². The maximum atomic E-state index is 12.1. The van der Waals surface area contributed by atoms with E-state index in [1.165, 1.54) is 12.3 Å². The minimum Gasteiger partial charge on any atom is -0.397 e. The highest BCUT2D eigenvalue weighted by Gasteiger charge is 2.15. The van der Waals surface area contributed by atoms with Gasteiger partial charge in [0.25, 0.3) is 5.91 Å². The molecule has 0 spiro atoms. The lowest BCUT2D eigenvalue weighted by Gasteiger charge is -2.12. The fourth-order valence-electron chi connectivity index (χ4n) is 1.63. The van der Waals surface area contributed by atoms with E-state index in [0.29, 0.717) is 11.5 Å². The lowest BCUT2D eigenvalue weighted by molar-refractivity contribution is 0.102. The molecule has 19 heavy (non-hydrogen) atoms. The Kier molecular flexibility index (Phi) is 3.71. The first-order valence-electron chi connectivity index (χ1n) is 5.75. The second kappa shape index (κ2) is 5.27. The van der Waals surface area contributed by atoms with E-state index in [2.05, 4.69) is 15.4 Å². The van der Waals surface area contributed by atoms with Crippen LogP contribution in [0.15, 0.2) is 24.5 Å². The molecule has 0 saturated heterocycles. The fraction of sp³-hybridized carbons (Fsp3) is 0.250. The number of halogens is 1. The second-order valence-corrected chi connectivity index (χ2v) is 4.67. The van der Waals surface area contributed by atoms with E-state index in [4.69, 9.17) is 17.3 Å². The van der Waals surface area contributed by atoms with Crippen molar-refractivity contribution in [3.63, 3.8) is 0 Å². The Labute approximate surface area is 115 Å². The first kappa shape index (κ1) is 13.4. The van der Waals surface area contributed by atoms with Crippen molar-refractivity contribution in [2.45, 2.75) is 19.9 Å². The Bertz CT molecular complexity index is 608. The Balaban J connectivity index is 2.26. The minimum absolute atomic E-state index is 0.113. The van der Waals surface area contributed by atoms with Crippen molar-refractivity contribution in [3.8, 4) is 0 Å². The van der Waals surface area contributed by atoms with Crippen molar-refractivity contribution in [2.24, 2.45) is 0 Å². The molecule has 2 rings (SSSR count). The summed E-state index contributed by atoms with van der Waals surface area (Å²) < 4.78 is 1.70. The van der Waals surface area contributed by atoms with Gasteiger partial charge in [-0.3, -0.25) is 4.79 Å². The lowest BCUT2D eigenvalue weighted by Crippen LogP contribution is -2.17. The number of nitrogens with zero attached hydrogens (tertiary/aromatic N) is 3.